The Hall–Kier alpha value is -1.76. The lowest BCUT2D eigenvalue weighted by atomic mass is 10.3. The van der Waals surface area contributed by atoms with Gasteiger partial charge in [0.05, 0.1) is 10.2 Å². The van der Waals surface area contributed by atoms with Crippen molar-refractivity contribution in [1.82, 2.24) is 9.97 Å². The lowest BCUT2D eigenvalue weighted by Crippen LogP contribution is -2.02. The first-order chi connectivity index (χ1) is 8.45. The summed E-state index contributed by atoms with van der Waals surface area (Å²) in [5.74, 6) is -0.171. The average Bonchev–Trinajstić information content (AvgIpc) is 2.24. The molecule has 0 aliphatic carbocycles. The molecule has 0 atom stereocenters. The Balaban J connectivity index is 2.36. The Morgan fingerprint density at radius 3 is 2.56 bits per heavy atom. The van der Waals surface area contributed by atoms with Crippen LogP contribution in [0.25, 0.3) is 0 Å². The van der Waals surface area contributed by atoms with E-state index in [1.807, 2.05) is 0 Å². The van der Waals surface area contributed by atoms with Crippen molar-refractivity contribution in [1.29, 1.82) is 0 Å². The van der Waals surface area contributed by atoms with Gasteiger partial charge in [-0.25, -0.2) is 18.7 Å². The fraction of sp³-hybridized carbons (Fsp3) is 0.0909. The van der Waals surface area contributed by atoms with Gasteiger partial charge in [-0.15, -0.1) is 0 Å². The zero-order valence-electron chi connectivity index (χ0n) is 9.34. The maximum Gasteiger partial charge on any atom is 0.148 e. The van der Waals surface area contributed by atoms with Gasteiger partial charge in [-0.1, -0.05) is 0 Å². The number of hydrogen-bond donors (Lipinski definition) is 2. The van der Waals surface area contributed by atoms with Gasteiger partial charge < -0.3 is 11.1 Å². The van der Waals surface area contributed by atoms with Crippen molar-refractivity contribution in [2.24, 2.45) is 0 Å². The Bertz CT molecular complexity index is 584. The average molecular weight is 315 g/mol. The van der Waals surface area contributed by atoms with Crippen LogP contribution in [0.4, 0.5) is 26.1 Å². The summed E-state index contributed by atoms with van der Waals surface area (Å²) in [5, 5.41) is 2.65. The number of aryl methyl sites for hydroxylation is 1. The van der Waals surface area contributed by atoms with Crippen LogP contribution < -0.4 is 11.1 Å². The van der Waals surface area contributed by atoms with Crippen LogP contribution in [0.5, 0.6) is 0 Å². The normalized spacial score (nSPS) is 10.4. The Morgan fingerprint density at radius 1 is 1.17 bits per heavy atom. The molecule has 0 unspecified atom stereocenters. The van der Waals surface area contributed by atoms with Crippen molar-refractivity contribution in [2.45, 2.75) is 6.92 Å². The number of nitrogens with zero attached hydrogens (tertiary/aromatic N) is 2. The zero-order valence-corrected chi connectivity index (χ0v) is 10.9. The van der Waals surface area contributed by atoms with Gasteiger partial charge in [0.15, 0.2) is 0 Å². The largest absolute Gasteiger partial charge is 0.384 e. The summed E-state index contributed by atoms with van der Waals surface area (Å²) >= 11 is 2.90. The summed E-state index contributed by atoms with van der Waals surface area (Å²) in [4.78, 5) is 7.90. The second-order valence-electron chi connectivity index (χ2n) is 3.60. The third kappa shape index (κ3) is 2.73. The highest BCUT2D eigenvalue weighted by molar-refractivity contribution is 9.10. The van der Waals surface area contributed by atoms with Gasteiger partial charge >= 0.3 is 0 Å². The number of nitrogen functional groups attached to an aromatic ring is 1. The molecule has 4 nitrogen and oxygen atoms in total. The molecule has 0 amide bonds. The number of hydrogen-bond acceptors (Lipinski definition) is 4. The molecule has 0 spiro atoms. The summed E-state index contributed by atoms with van der Waals surface area (Å²) in [6.45, 7) is 1.65. The van der Waals surface area contributed by atoms with E-state index in [0.29, 0.717) is 11.6 Å². The molecule has 94 valence electrons. The van der Waals surface area contributed by atoms with E-state index in [1.165, 1.54) is 6.07 Å². The van der Waals surface area contributed by atoms with Crippen LogP contribution in [-0.4, -0.2) is 9.97 Å². The standard InChI is InChI=1S/C11H9BrF2N4/c1-5-16-10(15)4-11(17-5)18-9-3-7(13)6(12)2-8(9)14/h2-4H,1H3,(H3,15,16,17,18). The van der Waals surface area contributed by atoms with Gasteiger partial charge in [0.25, 0.3) is 0 Å². The lowest BCUT2D eigenvalue weighted by Gasteiger charge is -2.08. The molecular formula is C11H9BrF2N4. The summed E-state index contributed by atoms with van der Waals surface area (Å²) in [7, 11) is 0. The minimum absolute atomic E-state index is 0.0202. The first kappa shape index (κ1) is 12.7. The summed E-state index contributed by atoms with van der Waals surface area (Å²) in [5.41, 5.74) is 5.52. The van der Waals surface area contributed by atoms with E-state index in [0.717, 1.165) is 12.1 Å². The minimum atomic E-state index is -0.599. The zero-order chi connectivity index (χ0) is 13.3. The Kier molecular flexibility index (Phi) is 3.42. The van der Waals surface area contributed by atoms with Gasteiger partial charge in [-0.2, -0.15) is 0 Å². The van der Waals surface area contributed by atoms with Gasteiger partial charge in [0.1, 0.15) is 29.1 Å². The number of nitrogens with two attached hydrogens (primary N) is 1. The maximum absolute atomic E-state index is 13.6. The van der Waals surface area contributed by atoms with E-state index in [2.05, 4.69) is 31.2 Å². The first-order valence-corrected chi connectivity index (χ1v) is 5.78. The highest BCUT2D eigenvalue weighted by Crippen LogP contribution is 2.25. The maximum atomic E-state index is 13.6. The molecule has 0 aliphatic heterocycles. The molecule has 18 heavy (non-hydrogen) atoms. The van der Waals surface area contributed by atoms with E-state index >= 15 is 0 Å². The molecule has 0 saturated carbocycles. The van der Waals surface area contributed by atoms with Crippen molar-refractivity contribution in [3.8, 4) is 0 Å². The number of benzene rings is 1. The number of rotatable bonds is 2. The molecule has 2 rings (SSSR count). The quantitative estimate of drug-likeness (QED) is 0.836. The smallest absolute Gasteiger partial charge is 0.148 e. The van der Waals surface area contributed by atoms with Gasteiger partial charge in [-0.05, 0) is 28.9 Å². The van der Waals surface area contributed by atoms with E-state index in [1.54, 1.807) is 6.92 Å². The molecule has 0 fully saturated rings. The number of anilines is 3. The predicted octanol–water partition coefficient (Wildman–Crippen LogP) is 3.15. The summed E-state index contributed by atoms with van der Waals surface area (Å²) in [6, 6.07) is 3.51. The molecule has 0 radical (unpaired) electrons. The molecule has 0 bridgehead atoms. The molecule has 1 heterocycles. The predicted molar refractivity (Wildman–Crippen MR) is 68.5 cm³/mol. The third-order valence-corrected chi connectivity index (χ3v) is 2.74. The molecule has 2 aromatic rings. The molecule has 0 saturated heterocycles. The van der Waals surface area contributed by atoms with Crippen LogP contribution in [0.3, 0.4) is 0 Å². The van der Waals surface area contributed by atoms with Crippen LogP contribution >= 0.6 is 15.9 Å². The van der Waals surface area contributed by atoms with Crippen LogP contribution in [0.2, 0.25) is 0 Å². The van der Waals surface area contributed by atoms with E-state index in [9.17, 15) is 8.78 Å². The molecule has 1 aromatic heterocycles. The molecule has 1 aromatic carbocycles. The number of halogens is 3. The topological polar surface area (TPSA) is 63.8 Å². The molecule has 3 N–H and O–H groups in total. The minimum Gasteiger partial charge on any atom is -0.384 e. The van der Waals surface area contributed by atoms with Crippen molar-refractivity contribution >= 4 is 33.3 Å². The summed E-state index contributed by atoms with van der Waals surface area (Å²) < 4.78 is 27.0. The third-order valence-electron chi connectivity index (χ3n) is 2.13. The molecule has 0 aliphatic rings. The SMILES string of the molecule is Cc1nc(N)cc(Nc2cc(F)c(Br)cc2F)n1. The van der Waals surface area contributed by atoms with Crippen molar-refractivity contribution in [2.75, 3.05) is 11.1 Å². The molecule has 7 heteroatoms. The van der Waals surface area contributed by atoms with Crippen LogP contribution in [0.1, 0.15) is 5.82 Å². The van der Waals surface area contributed by atoms with Gasteiger partial charge in [0.2, 0.25) is 0 Å². The highest BCUT2D eigenvalue weighted by Gasteiger charge is 2.09. The fourth-order valence-electron chi connectivity index (χ4n) is 1.41. The van der Waals surface area contributed by atoms with Crippen LogP contribution in [-0.2, 0) is 0 Å². The number of aromatic nitrogens is 2. The van der Waals surface area contributed by atoms with Crippen LogP contribution in [0.15, 0.2) is 22.7 Å². The van der Waals surface area contributed by atoms with Gasteiger partial charge in [-0.3, -0.25) is 0 Å². The van der Waals surface area contributed by atoms with E-state index in [4.69, 9.17) is 5.73 Å². The summed E-state index contributed by atoms with van der Waals surface area (Å²) in [6.07, 6.45) is 0. The van der Waals surface area contributed by atoms with Gasteiger partial charge in [0, 0.05) is 12.1 Å². The molecular weight excluding hydrogens is 306 g/mol. The van der Waals surface area contributed by atoms with Crippen molar-refractivity contribution < 1.29 is 8.78 Å². The Morgan fingerprint density at radius 2 is 1.89 bits per heavy atom. The second-order valence-corrected chi connectivity index (χ2v) is 4.45. The van der Waals surface area contributed by atoms with Crippen LogP contribution in [0, 0.1) is 18.6 Å². The van der Waals surface area contributed by atoms with Crippen molar-refractivity contribution in [3.63, 3.8) is 0 Å². The lowest BCUT2D eigenvalue weighted by molar-refractivity contribution is 0.597. The number of nitrogens with one attached hydrogen (secondary N) is 1. The fourth-order valence-corrected chi connectivity index (χ4v) is 1.73. The van der Waals surface area contributed by atoms with Crippen molar-refractivity contribution in [3.05, 3.63) is 40.1 Å². The first-order valence-electron chi connectivity index (χ1n) is 4.98. The second kappa shape index (κ2) is 4.85. The Labute approximate surface area is 110 Å². The van der Waals surface area contributed by atoms with E-state index < -0.39 is 11.6 Å². The monoisotopic (exact) mass is 314 g/mol. The highest BCUT2D eigenvalue weighted by atomic mass is 79.9. The van der Waals surface area contributed by atoms with E-state index in [-0.39, 0.29) is 16.0 Å².